The normalized spacial score (nSPS) is 28.5. The third-order valence-electron chi connectivity index (χ3n) is 4.92. The molecule has 0 heterocycles. The predicted octanol–water partition coefficient (Wildman–Crippen LogP) is 3.77. The number of carbonyl (C=O) groups is 1. The van der Waals surface area contributed by atoms with Gasteiger partial charge >= 0.3 is 12.1 Å². The molecule has 0 aliphatic heterocycles. The first kappa shape index (κ1) is 21.0. The smallest absolute Gasteiger partial charge is 0.419 e. The van der Waals surface area contributed by atoms with Crippen molar-refractivity contribution in [2.75, 3.05) is 0 Å². The second-order valence-electron chi connectivity index (χ2n) is 7.08. The maximum absolute atomic E-state index is 13.1. The highest BCUT2D eigenvalue weighted by atomic mass is 19.4. The lowest BCUT2D eigenvalue weighted by Crippen LogP contribution is -2.58. The summed E-state index contributed by atoms with van der Waals surface area (Å²) in [7, 11) is 0. The minimum Gasteiger partial charge on any atom is -0.456 e. The van der Waals surface area contributed by atoms with Crippen LogP contribution in [0.15, 0.2) is 12.2 Å². The Kier molecular flexibility index (Phi) is 6.15. The van der Waals surface area contributed by atoms with Crippen LogP contribution in [-0.2, 0) is 14.3 Å². The van der Waals surface area contributed by atoms with Crippen LogP contribution in [0.5, 0.6) is 0 Å². The lowest BCUT2D eigenvalue weighted by Gasteiger charge is -2.44. The van der Waals surface area contributed by atoms with Crippen molar-refractivity contribution >= 4 is 5.97 Å². The van der Waals surface area contributed by atoms with Crippen molar-refractivity contribution < 1.29 is 32.5 Å². The van der Waals surface area contributed by atoms with Crippen molar-refractivity contribution in [2.24, 2.45) is 5.92 Å². The van der Waals surface area contributed by atoms with Crippen LogP contribution >= 0.6 is 0 Å². The standard InChI is InChI=1S/C17H27F3O4/c1-10(2)14(21)23-13-8-7-9-16(13,11(3)4)24-12(5)15(6,22)17(18,19)20/h11-13,22H,1,7-9H2,2-6H3. The molecular weight excluding hydrogens is 325 g/mol. The SMILES string of the molecule is C=C(C)C(=O)OC1CCCC1(OC(C)C(C)(O)C(F)(F)F)C(C)C. The minimum absolute atomic E-state index is 0.200. The van der Waals surface area contributed by atoms with Crippen molar-refractivity contribution in [1.29, 1.82) is 0 Å². The molecule has 4 unspecified atom stereocenters. The zero-order valence-corrected chi connectivity index (χ0v) is 14.9. The molecule has 140 valence electrons. The maximum atomic E-state index is 13.1. The Labute approximate surface area is 141 Å². The molecule has 1 N–H and O–H groups in total. The van der Waals surface area contributed by atoms with Gasteiger partial charge < -0.3 is 14.6 Å². The molecule has 1 fully saturated rings. The summed E-state index contributed by atoms with van der Waals surface area (Å²) in [5.41, 5.74) is -3.85. The number of alkyl halides is 3. The lowest BCUT2D eigenvalue weighted by atomic mass is 9.85. The first-order valence-electron chi connectivity index (χ1n) is 8.09. The number of rotatable bonds is 6. The number of hydrogen-bond acceptors (Lipinski definition) is 4. The van der Waals surface area contributed by atoms with E-state index in [9.17, 15) is 23.1 Å². The van der Waals surface area contributed by atoms with Crippen LogP contribution in [0.4, 0.5) is 13.2 Å². The van der Waals surface area contributed by atoms with Crippen LogP contribution in [-0.4, -0.2) is 40.7 Å². The average molecular weight is 352 g/mol. The molecule has 0 saturated heterocycles. The Balaban J connectivity index is 3.08. The van der Waals surface area contributed by atoms with Crippen LogP contribution < -0.4 is 0 Å². The zero-order chi connectivity index (χ0) is 18.9. The fraction of sp³-hybridized carbons (Fsp3) is 0.824. The molecule has 0 aromatic carbocycles. The van der Waals surface area contributed by atoms with E-state index < -0.39 is 35.6 Å². The summed E-state index contributed by atoms with van der Waals surface area (Å²) in [6.45, 7) is 10.5. The molecule has 1 rings (SSSR count). The van der Waals surface area contributed by atoms with Crippen molar-refractivity contribution in [3.8, 4) is 0 Å². The summed E-state index contributed by atoms with van der Waals surface area (Å²) in [6, 6.07) is 0. The molecule has 7 heteroatoms. The van der Waals surface area contributed by atoms with Gasteiger partial charge in [-0.15, -0.1) is 0 Å². The molecule has 0 radical (unpaired) electrons. The molecule has 1 saturated carbocycles. The molecule has 0 bridgehead atoms. The average Bonchev–Trinajstić information content (AvgIpc) is 2.81. The third kappa shape index (κ3) is 3.94. The number of aliphatic hydroxyl groups is 1. The molecule has 0 amide bonds. The summed E-state index contributed by atoms with van der Waals surface area (Å²) in [5, 5.41) is 9.86. The molecule has 1 aliphatic carbocycles. The van der Waals surface area contributed by atoms with E-state index in [1.807, 2.05) is 13.8 Å². The van der Waals surface area contributed by atoms with Crippen molar-refractivity contribution in [3.05, 3.63) is 12.2 Å². The van der Waals surface area contributed by atoms with E-state index in [4.69, 9.17) is 9.47 Å². The molecule has 24 heavy (non-hydrogen) atoms. The van der Waals surface area contributed by atoms with Gasteiger partial charge in [-0.25, -0.2) is 4.79 Å². The molecule has 4 nitrogen and oxygen atoms in total. The van der Waals surface area contributed by atoms with E-state index in [0.717, 1.165) is 0 Å². The quantitative estimate of drug-likeness (QED) is 0.584. The van der Waals surface area contributed by atoms with Crippen LogP contribution in [0.25, 0.3) is 0 Å². The van der Waals surface area contributed by atoms with Gasteiger partial charge in [0.25, 0.3) is 0 Å². The largest absolute Gasteiger partial charge is 0.456 e. The van der Waals surface area contributed by atoms with E-state index in [0.29, 0.717) is 26.2 Å². The van der Waals surface area contributed by atoms with Gasteiger partial charge in [0, 0.05) is 5.57 Å². The Bertz CT molecular complexity index is 485. The predicted molar refractivity (Wildman–Crippen MR) is 83.3 cm³/mol. The number of ether oxygens (including phenoxy) is 2. The summed E-state index contributed by atoms with van der Waals surface area (Å²) in [5.74, 6) is -0.792. The Morgan fingerprint density at radius 2 is 1.88 bits per heavy atom. The van der Waals surface area contributed by atoms with Gasteiger partial charge in [0.15, 0.2) is 5.60 Å². The molecule has 0 spiro atoms. The Morgan fingerprint density at radius 1 is 1.33 bits per heavy atom. The molecular formula is C17H27F3O4. The molecule has 0 aromatic rings. The summed E-state index contributed by atoms with van der Waals surface area (Å²) in [4.78, 5) is 11.8. The van der Waals surface area contributed by atoms with Crippen LogP contribution in [0, 0.1) is 5.92 Å². The van der Waals surface area contributed by atoms with E-state index in [1.165, 1.54) is 13.8 Å². The van der Waals surface area contributed by atoms with Gasteiger partial charge in [-0.05, 0) is 46.0 Å². The fourth-order valence-electron chi connectivity index (χ4n) is 2.96. The van der Waals surface area contributed by atoms with Gasteiger partial charge in [-0.2, -0.15) is 13.2 Å². The van der Waals surface area contributed by atoms with Gasteiger partial charge in [0.05, 0.1) is 6.10 Å². The lowest BCUT2D eigenvalue weighted by molar-refractivity contribution is -0.308. The Morgan fingerprint density at radius 3 is 2.29 bits per heavy atom. The minimum atomic E-state index is -4.83. The third-order valence-corrected chi connectivity index (χ3v) is 4.92. The summed E-state index contributed by atoms with van der Waals surface area (Å²) >= 11 is 0. The maximum Gasteiger partial charge on any atom is 0.419 e. The van der Waals surface area contributed by atoms with Crippen LogP contribution in [0.2, 0.25) is 0 Å². The van der Waals surface area contributed by atoms with Crippen molar-refractivity contribution in [3.63, 3.8) is 0 Å². The van der Waals surface area contributed by atoms with E-state index in [2.05, 4.69) is 6.58 Å². The summed E-state index contributed by atoms with van der Waals surface area (Å²) in [6.07, 6.45) is -5.40. The van der Waals surface area contributed by atoms with E-state index in [-0.39, 0.29) is 11.5 Å². The number of halogens is 3. The van der Waals surface area contributed by atoms with Gasteiger partial charge in [0.1, 0.15) is 11.7 Å². The second kappa shape index (κ2) is 7.04. The van der Waals surface area contributed by atoms with Crippen LogP contribution in [0.3, 0.4) is 0 Å². The highest BCUT2D eigenvalue weighted by Crippen LogP contribution is 2.45. The van der Waals surface area contributed by atoms with E-state index >= 15 is 0 Å². The number of carbonyl (C=O) groups excluding carboxylic acids is 1. The fourth-order valence-corrected chi connectivity index (χ4v) is 2.96. The first-order valence-corrected chi connectivity index (χ1v) is 8.09. The highest BCUT2D eigenvalue weighted by Gasteiger charge is 2.58. The van der Waals surface area contributed by atoms with Crippen LogP contribution in [0.1, 0.15) is 53.9 Å². The van der Waals surface area contributed by atoms with Gasteiger partial charge in [-0.1, -0.05) is 20.4 Å². The Hall–Kier alpha value is -1.08. The monoisotopic (exact) mass is 352 g/mol. The number of hydrogen-bond donors (Lipinski definition) is 1. The van der Waals surface area contributed by atoms with Crippen molar-refractivity contribution in [1.82, 2.24) is 0 Å². The summed E-state index contributed by atoms with van der Waals surface area (Å²) < 4.78 is 50.4. The van der Waals surface area contributed by atoms with Gasteiger partial charge in [-0.3, -0.25) is 0 Å². The highest BCUT2D eigenvalue weighted by molar-refractivity contribution is 5.87. The zero-order valence-electron chi connectivity index (χ0n) is 14.9. The number of esters is 1. The topological polar surface area (TPSA) is 55.8 Å². The second-order valence-corrected chi connectivity index (χ2v) is 7.08. The molecule has 1 aliphatic rings. The van der Waals surface area contributed by atoms with E-state index in [1.54, 1.807) is 0 Å². The van der Waals surface area contributed by atoms with Gasteiger partial charge in [0.2, 0.25) is 0 Å². The molecule has 4 atom stereocenters. The molecule has 0 aromatic heterocycles. The van der Waals surface area contributed by atoms with Crippen molar-refractivity contribution in [2.45, 2.75) is 83.5 Å². The first-order chi connectivity index (χ1) is 10.8.